The Labute approximate surface area is 159 Å². The molecule has 0 aromatic heterocycles. The molecule has 2 nitrogen and oxygen atoms in total. The molecule has 4 aliphatic heterocycles. The molecule has 5 rings (SSSR count). The van der Waals surface area contributed by atoms with Gasteiger partial charge in [0.1, 0.15) is 11.5 Å². The van der Waals surface area contributed by atoms with Crippen LogP contribution in [-0.4, -0.2) is 13.8 Å². The van der Waals surface area contributed by atoms with Crippen LogP contribution in [0, 0.1) is 0 Å². The highest BCUT2D eigenvalue weighted by Gasteiger charge is 2.45. The minimum absolute atomic E-state index is 0.424. The van der Waals surface area contributed by atoms with Crippen molar-refractivity contribution >= 4 is 13.8 Å². The van der Waals surface area contributed by atoms with Crippen LogP contribution in [0.15, 0.2) is 24.3 Å². The Bertz CT molecular complexity index is 525. The van der Waals surface area contributed by atoms with Crippen molar-refractivity contribution in [2.45, 2.75) is 100 Å². The predicted octanol–water partition coefficient (Wildman–Crippen LogP) is 6.64. The molecule has 26 heavy (non-hydrogen) atoms. The highest BCUT2D eigenvalue weighted by molar-refractivity contribution is 6.57. The molecule has 0 spiro atoms. The van der Waals surface area contributed by atoms with Crippen LogP contribution in [0.1, 0.15) is 77.0 Å². The summed E-state index contributed by atoms with van der Waals surface area (Å²) in [6.07, 6.45) is 16.5. The lowest BCUT2D eigenvalue weighted by Crippen LogP contribution is -2.41. The van der Waals surface area contributed by atoms with E-state index in [9.17, 15) is 0 Å². The second-order valence-electron chi connectivity index (χ2n) is 9.38. The van der Waals surface area contributed by atoms with Crippen LogP contribution >= 0.6 is 0 Å². The molecule has 4 fully saturated rings. The molecule has 0 amide bonds. The summed E-state index contributed by atoms with van der Waals surface area (Å²) in [5.74, 6) is 5.10. The van der Waals surface area contributed by atoms with Gasteiger partial charge in [0, 0.05) is 0 Å². The van der Waals surface area contributed by atoms with Gasteiger partial charge in [-0.2, -0.15) is 0 Å². The van der Waals surface area contributed by atoms with Crippen molar-refractivity contribution in [3.8, 4) is 11.5 Å². The first-order chi connectivity index (χ1) is 12.9. The van der Waals surface area contributed by atoms with Crippen molar-refractivity contribution in [1.29, 1.82) is 0 Å². The van der Waals surface area contributed by atoms with Gasteiger partial charge < -0.3 is 9.31 Å². The van der Waals surface area contributed by atoms with Crippen LogP contribution in [0.4, 0.5) is 0 Å². The van der Waals surface area contributed by atoms with Gasteiger partial charge in [-0.05, 0) is 35.4 Å². The Kier molecular flexibility index (Phi) is 4.94. The van der Waals surface area contributed by atoms with E-state index >= 15 is 0 Å². The summed E-state index contributed by atoms with van der Waals surface area (Å²) in [6.45, 7) is 0.848. The van der Waals surface area contributed by atoms with Crippen LogP contribution in [0.25, 0.3) is 0 Å². The monoisotopic (exact) mass is 350 g/mol. The van der Waals surface area contributed by atoms with Crippen LogP contribution in [0.3, 0.4) is 0 Å². The van der Waals surface area contributed by atoms with E-state index in [1.165, 1.54) is 77.0 Å². The van der Waals surface area contributed by atoms with E-state index in [-0.39, 0.29) is 0 Å². The Hall–Kier alpha value is -1.05. The topological polar surface area (TPSA) is 18.5 Å². The maximum absolute atomic E-state index is 6.69. The van der Waals surface area contributed by atoms with Gasteiger partial charge in [0.2, 0.25) is 0 Å². The molecule has 0 saturated carbocycles. The fourth-order valence-electron chi connectivity index (χ4n) is 6.55. The van der Waals surface area contributed by atoms with Crippen molar-refractivity contribution in [2.24, 2.45) is 0 Å². The van der Waals surface area contributed by atoms with Gasteiger partial charge in [0.15, 0.2) is 0 Å². The molecule has 4 heterocycles. The summed E-state index contributed by atoms with van der Waals surface area (Å²) in [5.41, 5.74) is 0. The van der Waals surface area contributed by atoms with E-state index in [1.807, 2.05) is 0 Å². The second kappa shape index (κ2) is 7.52. The number of benzene rings is 1. The van der Waals surface area contributed by atoms with Gasteiger partial charge in [-0.1, -0.05) is 89.2 Å². The van der Waals surface area contributed by atoms with Crippen LogP contribution < -0.4 is 9.31 Å². The van der Waals surface area contributed by atoms with Crippen molar-refractivity contribution < 1.29 is 9.31 Å². The van der Waals surface area contributed by atoms with E-state index in [0.29, 0.717) is 13.8 Å². The van der Waals surface area contributed by atoms with Crippen molar-refractivity contribution in [1.82, 2.24) is 0 Å². The lowest BCUT2D eigenvalue weighted by atomic mass is 9.37. The molecule has 0 unspecified atom stereocenters. The number of rotatable bonds is 4. The Balaban J connectivity index is 1.34. The quantitative estimate of drug-likeness (QED) is 0.567. The van der Waals surface area contributed by atoms with Crippen LogP contribution in [0.2, 0.25) is 23.3 Å². The first-order valence-electron chi connectivity index (χ1n) is 11.3. The third-order valence-corrected chi connectivity index (χ3v) is 7.83. The normalized spacial score (nSPS) is 33.7. The molecule has 1 aromatic carbocycles. The van der Waals surface area contributed by atoms with E-state index < -0.39 is 0 Å². The molecular weight excluding hydrogens is 318 g/mol. The predicted molar refractivity (Wildman–Crippen MR) is 110 cm³/mol. The molecule has 4 heteroatoms. The maximum atomic E-state index is 6.69. The van der Waals surface area contributed by atoms with Gasteiger partial charge in [0.25, 0.3) is 0 Å². The highest BCUT2D eigenvalue weighted by Crippen LogP contribution is 2.49. The molecule has 138 valence electrons. The molecule has 4 aliphatic rings. The standard InChI is InChI=1S/C22H32B2O2/c1-2-16-22(26-24-19-11-5-12-20(24)14-6-13-19)21(15-1)25-23-17-7-3-8-18(23)10-4-9-17/h1-2,15-20H,3-14H2. The lowest BCUT2D eigenvalue weighted by Gasteiger charge is -2.41. The molecule has 0 radical (unpaired) electrons. The Morgan fingerprint density at radius 3 is 1.15 bits per heavy atom. The number of hydrogen-bond acceptors (Lipinski definition) is 2. The van der Waals surface area contributed by atoms with E-state index in [0.717, 1.165) is 34.8 Å². The second-order valence-corrected chi connectivity index (χ2v) is 9.38. The summed E-state index contributed by atoms with van der Waals surface area (Å²) in [4.78, 5) is 0. The van der Waals surface area contributed by atoms with Gasteiger partial charge in [-0.25, -0.2) is 0 Å². The van der Waals surface area contributed by atoms with E-state index in [1.54, 1.807) is 0 Å². The van der Waals surface area contributed by atoms with E-state index in [4.69, 9.17) is 9.31 Å². The minimum atomic E-state index is 0.424. The first kappa shape index (κ1) is 17.1. The minimum Gasteiger partial charge on any atom is -0.558 e. The van der Waals surface area contributed by atoms with Crippen molar-refractivity contribution in [3.63, 3.8) is 0 Å². The molecule has 0 aliphatic carbocycles. The average molecular weight is 350 g/mol. The molecular formula is C22H32B2O2. The van der Waals surface area contributed by atoms with Crippen LogP contribution in [-0.2, 0) is 0 Å². The number of hydrogen-bond donors (Lipinski definition) is 0. The highest BCUT2D eigenvalue weighted by atomic mass is 16.5. The summed E-state index contributed by atoms with van der Waals surface area (Å²) in [7, 11) is 0. The fraction of sp³-hybridized carbons (Fsp3) is 0.727. The van der Waals surface area contributed by atoms with Gasteiger partial charge in [-0.15, -0.1) is 0 Å². The summed E-state index contributed by atoms with van der Waals surface area (Å²) in [6, 6.07) is 8.53. The van der Waals surface area contributed by atoms with Crippen molar-refractivity contribution in [3.05, 3.63) is 24.3 Å². The van der Waals surface area contributed by atoms with Gasteiger partial charge >= 0.3 is 13.8 Å². The van der Waals surface area contributed by atoms with E-state index in [2.05, 4.69) is 24.3 Å². The molecule has 0 N–H and O–H groups in total. The summed E-state index contributed by atoms with van der Waals surface area (Å²) >= 11 is 0. The zero-order chi connectivity index (χ0) is 17.3. The molecule has 4 bridgehead atoms. The third kappa shape index (κ3) is 3.29. The number of para-hydroxylation sites is 2. The SMILES string of the molecule is c1ccc(OB2C3CCCC2CCC3)c(OB2C3CCCC2CCC3)c1. The number of fused-ring (bicyclic) bond motifs is 4. The molecule has 4 saturated heterocycles. The largest absolute Gasteiger partial charge is 0.558 e. The van der Waals surface area contributed by atoms with Gasteiger partial charge in [0.05, 0.1) is 0 Å². The Morgan fingerprint density at radius 1 is 0.538 bits per heavy atom. The average Bonchev–Trinajstić information content (AvgIpc) is 2.63. The zero-order valence-electron chi connectivity index (χ0n) is 16.1. The molecule has 1 aromatic rings. The fourth-order valence-corrected chi connectivity index (χ4v) is 6.55. The Morgan fingerprint density at radius 2 is 0.846 bits per heavy atom. The summed E-state index contributed by atoms with van der Waals surface area (Å²) in [5, 5.41) is 0. The third-order valence-electron chi connectivity index (χ3n) is 7.83. The summed E-state index contributed by atoms with van der Waals surface area (Å²) < 4.78 is 13.4. The molecule has 0 atom stereocenters. The smallest absolute Gasteiger partial charge is 0.364 e. The zero-order valence-corrected chi connectivity index (χ0v) is 16.1. The first-order valence-corrected chi connectivity index (χ1v) is 11.3. The van der Waals surface area contributed by atoms with Crippen LogP contribution in [0.5, 0.6) is 11.5 Å². The van der Waals surface area contributed by atoms with Crippen molar-refractivity contribution in [2.75, 3.05) is 0 Å². The lowest BCUT2D eigenvalue weighted by molar-refractivity contribution is 0.362. The van der Waals surface area contributed by atoms with Gasteiger partial charge in [-0.3, -0.25) is 0 Å². The maximum Gasteiger partial charge on any atom is 0.364 e.